The highest BCUT2D eigenvalue weighted by Crippen LogP contribution is 2.28. The molecule has 3 heteroatoms. The Morgan fingerprint density at radius 3 is 2.91 bits per heavy atom. The maximum absolute atomic E-state index is 5.70. The Morgan fingerprint density at radius 1 is 1.55 bits per heavy atom. The van der Waals surface area contributed by atoms with E-state index in [4.69, 9.17) is 10.5 Å². The molecule has 2 nitrogen and oxygen atoms in total. The van der Waals surface area contributed by atoms with Crippen molar-refractivity contribution in [3.8, 4) is 5.75 Å². The first-order valence-corrected chi connectivity index (χ1v) is 4.21. The van der Waals surface area contributed by atoms with Crippen LogP contribution in [0.4, 0.5) is 5.69 Å². The number of halogens is 1. The molecule has 0 saturated heterocycles. The summed E-state index contributed by atoms with van der Waals surface area (Å²) in [5.41, 5.74) is 6.36. The van der Waals surface area contributed by atoms with Crippen molar-refractivity contribution in [1.29, 1.82) is 0 Å². The van der Waals surface area contributed by atoms with Crippen molar-refractivity contribution < 1.29 is 4.74 Å². The van der Waals surface area contributed by atoms with Gasteiger partial charge in [-0.3, -0.25) is 0 Å². The molecule has 11 heavy (non-hydrogen) atoms. The average molecular weight is 216 g/mol. The van der Waals surface area contributed by atoms with Gasteiger partial charge in [0.15, 0.2) is 0 Å². The maximum Gasteiger partial charge on any atom is 0.143 e. The van der Waals surface area contributed by atoms with Gasteiger partial charge in [-0.05, 0) is 35.0 Å². The molecule has 0 fully saturated rings. The van der Waals surface area contributed by atoms with Gasteiger partial charge < -0.3 is 10.5 Å². The second-order valence-corrected chi connectivity index (χ2v) is 2.94. The van der Waals surface area contributed by atoms with E-state index >= 15 is 0 Å². The largest absolute Gasteiger partial charge is 0.492 e. The molecule has 0 aliphatic carbocycles. The average Bonchev–Trinajstić information content (AvgIpc) is 1.99. The van der Waals surface area contributed by atoms with Crippen molar-refractivity contribution in [1.82, 2.24) is 0 Å². The summed E-state index contributed by atoms with van der Waals surface area (Å²) in [5, 5.41) is 0. The highest BCUT2D eigenvalue weighted by Gasteiger charge is 2.01. The quantitative estimate of drug-likeness (QED) is 0.770. The molecule has 0 amide bonds. The van der Waals surface area contributed by atoms with E-state index in [0.717, 1.165) is 10.2 Å². The SMILES string of the molecule is CCOc1cccc(Br)c1N. The summed E-state index contributed by atoms with van der Waals surface area (Å²) in [6.07, 6.45) is 0. The zero-order valence-electron chi connectivity index (χ0n) is 6.30. The number of nitrogen functional groups attached to an aromatic ring is 1. The molecule has 2 N–H and O–H groups in total. The van der Waals surface area contributed by atoms with Crippen LogP contribution < -0.4 is 10.5 Å². The van der Waals surface area contributed by atoms with E-state index in [-0.39, 0.29) is 0 Å². The number of hydrogen-bond donors (Lipinski definition) is 1. The third-order valence-electron chi connectivity index (χ3n) is 1.31. The van der Waals surface area contributed by atoms with E-state index < -0.39 is 0 Å². The Hall–Kier alpha value is -0.700. The van der Waals surface area contributed by atoms with Gasteiger partial charge in [0.1, 0.15) is 5.75 Å². The number of nitrogens with two attached hydrogens (primary N) is 1. The topological polar surface area (TPSA) is 35.2 Å². The summed E-state index contributed by atoms with van der Waals surface area (Å²) >= 11 is 3.31. The van der Waals surface area contributed by atoms with Crippen molar-refractivity contribution in [2.75, 3.05) is 12.3 Å². The minimum absolute atomic E-state index is 0.640. The van der Waals surface area contributed by atoms with Gasteiger partial charge in [0, 0.05) is 4.47 Å². The van der Waals surface area contributed by atoms with Crippen LogP contribution in [-0.2, 0) is 0 Å². The van der Waals surface area contributed by atoms with Gasteiger partial charge >= 0.3 is 0 Å². The normalized spacial score (nSPS) is 9.64. The Bertz CT molecular complexity index is 250. The summed E-state index contributed by atoms with van der Waals surface area (Å²) in [5.74, 6) is 0.738. The fourth-order valence-corrected chi connectivity index (χ4v) is 1.15. The fourth-order valence-electron chi connectivity index (χ4n) is 0.799. The second-order valence-electron chi connectivity index (χ2n) is 2.08. The molecule has 1 aromatic rings. The zero-order valence-corrected chi connectivity index (χ0v) is 7.89. The first-order valence-electron chi connectivity index (χ1n) is 3.42. The van der Waals surface area contributed by atoms with Crippen LogP contribution in [-0.4, -0.2) is 6.61 Å². The van der Waals surface area contributed by atoms with Gasteiger partial charge in [0.05, 0.1) is 12.3 Å². The predicted molar refractivity (Wildman–Crippen MR) is 49.7 cm³/mol. The molecule has 0 atom stereocenters. The molecule has 1 rings (SSSR count). The summed E-state index contributed by atoms with van der Waals surface area (Å²) in [4.78, 5) is 0. The highest BCUT2D eigenvalue weighted by molar-refractivity contribution is 9.10. The van der Waals surface area contributed by atoms with E-state index in [0.29, 0.717) is 12.3 Å². The lowest BCUT2D eigenvalue weighted by molar-refractivity contribution is 0.342. The third kappa shape index (κ3) is 1.87. The highest BCUT2D eigenvalue weighted by atomic mass is 79.9. The predicted octanol–water partition coefficient (Wildman–Crippen LogP) is 2.43. The molecule has 0 heterocycles. The molecule has 60 valence electrons. The zero-order chi connectivity index (χ0) is 8.27. The molecule has 1 aromatic carbocycles. The Labute approximate surface area is 74.5 Å². The van der Waals surface area contributed by atoms with Crippen molar-refractivity contribution in [3.63, 3.8) is 0 Å². The molecule has 0 saturated carbocycles. The standard InChI is InChI=1S/C8H10BrNO/c1-2-11-7-5-3-4-6(9)8(7)10/h3-5H,2,10H2,1H3. The molecule has 0 aliphatic heterocycles. The minimum atomic E-state index is 0.640. The number of hydrogen-bond acceptors (Lipinski definition) is 2. The Kier molecular flexibility index (Phi) is 2.76. The minimum Gasteiger partial charge on any atom is -0.492 e. The van der Waals surface area contributed by atoms with Crippen molar-refractivity contribution >= 4 is 21.6 Å². The smallest absolute Gasteiger partial charge is 0.143 e. The molecule has 0 aliphatic rings. The van der Waals surface area contributed by atoms with Crippen LogP contribution in [0.1, 0.15) is 6.92 Å². The number of benzene rings is 1. The van der Waals surface area contributed by atoms with Crippen LogP contribution in [0.15, 0.2) is 22.7 Å². The second kappa shape index (κ2) is 3.62. The van der Waals surface area contributed by atoms with Crippen LogP contribution in [0.25, 0.3) is 0 Å². The first-order chi connectivity index (χ1) is 5.25. The van der Waals surface area contributed by atoms with Crippen molar-refractivity contribution in [2.45, 2.75) is 6.92 Å². The van der Waals surface area contributed by atoms with E-state index in [1.807, 2.05) is 25.1 Å². The number of ether oxygens (including phenoxy) is 1. The summed E-state index contributed by atoms with van der Waals surface area (Å²) in [7, 11) is 0. The van der Waals surface area contributed by atoms with Gasteiger partial charge in [-0.2, -0.15) is 0 Å². The van der Waals surface area contributed by atoms with Crippen LogP contribution in [0.2, 0.25) is 0 Å². The lowest BCUT2D eigenvalue weighted by Gasteiger charge is -2.06. The molecule has 0 bridgehead atoms. The molecule has 0 radical (unpaired) electrons. The van der Waals surface area contributed by atoms with Crippen LogP contribution in [0.5, 0.6) is 5.75 Å². The number of anilines is 1. The van der Waals surface area contributed by atoms with Crippen molar-refractivity contribution in [3.05, 3.63) is 22.7 Å². The van der Waals surface area contributed by atoms with Crippen LogP contribution in [0.3, 0.4) is 0 Å². The molecular formula is C8H10BrNO. The lowest BCUT2D eigenvalue weighted by Crippen LogP contribution is -1.96. The molecular weight excluding hydrogens is 206 g/mol. The van der Waals surface area contributed by atoms with Gasteiger partial charge in [0.2, 0.25) is 0 Å². The van der Waals surface area contributed by atoms with E-state index in [1.54, 1.807) is 0 Å². The monoisotopic (exact) mass is 215 g/mol. The number of para-hydroxylation sites is 1. The number of rotatable bonds is 2. The maximum atomic E-state index is 5.70. The van der Waals surface area contributed by atoms with Gasteiger partial charge in [-0.25, -0.2) is 0 Å². The lowest BCUT2D eigenvalue weighted by atomic mass is 10.3. The van der Waals surface area contributed by atoms with Gasteiger partial charge in [-0.15, -0.1) is 0 Å². The van der Waals surface area contributed by atoms with Gasteiger partial charge in [-0.1, -0.05) is 6.07 Å². The first kappa shape index (κ1) is 8.40. The third-order valence-corrected chi connectivity index (χ3v) is 2.00. The molecule has 0 unspecified atom stereocenters. The van der Waals surface area contributed by atoms with E-state index in [1.165, 1.54) is 0 Å². The summed E-state index contributed by atoms with van der Waals surface area (Å²) in [6, 6.07) is 5.63. The van der Waals surface area contributed by atoms with Crippen LogP contribution >= 0.6 is 15.9 Å². The van der Waals surface area contributed by atoms with Gasteiger partial charge in [0.25, 0.3) is 0 Å². The fraction of sp³-hybridized carbons (Fsp3) is 0.250. The van der Waals surface area contributed by atoms with E-state index in [9.17, 15) is 0 Å². The summed E-state index contributed by atoms with van der Waals surface area (Å²) < 4.78 is 6.14. The van der Waals surface area contributed by atoms with Crippen molar-refractivity contribution in [2.24, 2.45) is 0 Å². The summed E-state index contributed by atoms with van der Waals surface area (Å²) in [6.45, 7) is 2.57. The Balaban J connectivity index is 2.96. The Morgan fingerprint density at radius 2 is 2.27 bits per heavy atom. The molecule has 0 aromatic heterocycles. The van der Waals surface area contributed by atoms with Crippen LogP contribution in [0, 0.1) is 0 Å². The van der Waals surface area contributed by atoms with E-state index in [2.05, 4.69) is 15.9 Å². The molecule has 0 spiro atoms.